The van der Waals surface area contributed by atoms with Gasteiger partial charge in [0.2, 0.25) is 0 Å². The van der Waals surface area contributed by atoms with E-state index < -0.39 is 0 Å². The number of thiophene rings is 1. The Labute approximate surface area is 180 Å². The average molecular weight is 423 g/mol. The highest BCUT2D eigenvalue weighted by atomic mass is 32.1. The van der Waals surface area contributed by atoms with E-state index in [2.05, 4.69) is 27.5 Å². The lowest BCUT2D eigenvalue weighted by atomic mass is 9.91. The Morgan fingerprint density at radius 3 is 2.87 bits per heavy atom. The van der Waals surface area contributed by atoms with Crippen LogP contribution in [0.15, 0.2) is 35.0 Å². The van der Waals surface area contributed by atoms with Gasteiger partial charge in [0.25, 0.3) is 0 Å². The van der Waals surface area contributed by atoms with Gasteiger partial charge in [-0.3, -0.25) is 0 Å². The second-order valence-electron chi connectivity index (χ2n) is 7.72. The van der Waals surface area contributed by atoms with Gasteiger partial charge in [0, 0.05) is 41.6 Å². The van der Waals surface area contributed by atoms with Crippen LogP contribution in [0.5, 0.6) is 0 Å². The number of aromatic nitrogens is 1. The highest BCUT2D eigenvalue weighted by molar-refractivity contribution is 7.08. The highest BCUT2D eigenvalue weighted by Gasteiger charge is 2.22. The van der Waals surface area contributed by atoms with Gasteiger partial charge in [-0.25, -0.2) is 4.79 Å². The van der Waals surface area contributed by atoms with Crippen LogP contribution in [0.3, 0.4) is 0 Å². The number of aryl methyl sites for hydroxylation is 2. The third-order valence-corrected chi connectivity index (χ3v) is 6.66. The summed E-state index contributed by atoms with van der Waals surface area (Å²) in [5.74, 6) is 0.338. The van der Waals surface area contributed by atoms with Crippen molar-refractivity contribution < 1.29 is 14.3 Å². The molecule has 3 heterocycles. The average Bonchev–Trinajstić information content (AvgIpc) is 3.42. The van der Waals surface area contributed by atoms with Crippen LogP contribution >= 0.6 is 11.3 Å². The van der Waals surface area contributed by atoms with Gasteiger partial charge in [0.05, 0.1) is 30.9 Å². The van der Waals surface area contributed by atoms with Crippen molar-refractivity contribution in [3.8, 4) is 17.3 Å². The van der Waals surface area contributed by atoms with Crippen molar-refractivity contribution in [3.05, 3.63) is 46.2 Å². The van der Waals surface area contributed by atoms with Crippen LogP contribution in [-0.4, -0.2) is 30.9 Å². The van der Waals surface area contributed by atoms with E-state index in [0.29, 0.717) is 24.4 Å². The molecule has 0 spiro atoms. The molecule has 0 N–H and O–H groups in total. The van der Waals surface area contributed by atoms with Gasteiger partial charge in [0.15, 0.2) is 0 Å². The van der Waals surface area contributed by atoms with Crippen molar-refractivity contribution in [1.29, 1.82) is 5.26 Å². The largest absolute Gasteiger partial charge is 0.465 e. The first-order valence-electron chi connectivity index (χ1n) is 10.4. The number of fused-ring (bicyclic) bond motifs is 1. The molecule has 1 aliphatic rings. The Bertz CT molecular complexity index is 1060. The molecular weight excluding hydrogens is 396 g/mol. The number of rotatable bonds is 7. The Hall–Kier alpha value is -2.62. The zero-order chi connectivity index (χ0) is 20.9. The first-order valence-corrected chi connectivity index (χ1v) is 11.4. The molecule has 0 atom stereocenters. The molecule has 0 radical (unpaired) electrons. The molecule has 30 heavy (non-hydrogen) atoms. The van der Waals surface area contributed by atoms with E-state index in [0.717, 1.165) is 49.8 Å². The number of nitriles is 1. The molecule has 0 amide bonds. The normalized spacial score (nSPS) is 14.7. The number of carbonyl (C=O) groups is 1. The Kier molecular flexibility index (Phi) is 6.51. The number of nitrogens with zero attached hydrogens (tertiary/aromatic N) is 2. The van der Waals surface area contributed by atoms with Crippen LogP contribution in [0.4, 0.5) is 0 Å². The van der Waals surface area contributed by atoms with E-state index in [1.807, 2.05) is 18.2 Å². The number of carbonyl (C=O) groups excluding carboxylic acids is 1. The van der Waals surface area contributed by atoms with Crippen LogP contribution in [0.2, 0.25) is 0 Å². The molecule has 5 nitrogen and oxygen atoms in total. The molecule has 0 bridgehead atoms. The number of hydrogen-bond donors (Lipinski definition) is 0. The van der Waals surface area contributed by atoms with Crippen LogP contribution in [0.1, 0.15) is 41.6 Å². The summed E-state index contributed by atoms with van der Waals surface area (Å²) in [6.45, 7) is 2.32. The molecule has 6 heteroatoms. The van der Waals surface area contributed by atoms with Gasteiger partial charge in [-0.1, -0.05) is 0 Å². The first-order chi connectivity index (χ1) is 14.7. The Morgan fingerprint density at radius 2 is 2.17 bits per heavy atom. The Balaban J connectivity index is 1.83. The molecule has 1 fully saturated rings. The number of methoxy groups -OCH3 is 1. The van der Waals surface area contributed by atoms with Crippen LogP contribution in [0, 0.1) is 17.2 Å². The zero-order valence-corrected chi connectivity index (χ0v) is 18.0. The second-order valence-corrected chi connectivity index (χ2v) is 8.50. The van der Waals surface area contributed by atoms with Gasteiger partial charge in [-0.15, -0.1) is 0 Å². The van der Waals surface area contributed by atoms with Gasteiger partial charge in [-0.2, -0.15) is 16.6 Å². The van der Waals surface area contributed by atoms with E-state index >= 15 is 0 Å². The quantitative estimate of drug-likeness (QED) is 0.476. The lowest BCUT2D eigenvalue weighted by Crippen LogP contribution is -2.16. The summed E-state index contributed by atoms with van der Waals surface area (Å²) < 4.78 is 12.7. The molecule has 0 unspecified atom stereocenters. The monoisotopic (exact) mass is 422 g/mol. The molecular formula is C24H26N2O3S. The summed E-state index contributed by atoms with van der Waals surface area (Å²) in [6, 6.07) is 10.2. The van der Waals surface area contributed by atoms with Gasteiger partial charge in [-0.05, 0) is 66.8 Å². The van der Waals surface area contributed by atoms with E-state index in [-0.39, 0.29) is 5.97 Å². The van der Waals surface area contributed by atoms with Gasteiger partial charge >= 0.3 is 5.97 Å². The summed E-state index contributed by atoms with van der Waals surface area (Å²) in [4.78, 5) is 12.2. The minimum atomic E-state index is -0.325. The highest BCUT2D eigenvalue weighted by Crippen LogP contribution is 2.37. The topological polar surface area (TPSA) is 64.2 Å². The molecule has 1 aromatic carbocycles. The van der Waals surface area contributed by atoms with Crippen molar-refractivity contribution >= 4 is 28.2 Å². The van der Waals surface area contributed by atoms with E-state index in [4.69, 9.17) is 9.47 Å². The summed E-state index contributed by atoms with van der Waals surface area (Å²) >= 11 is 1.67. The van der Waals surface area contributed by atoms with Gasteiger partial charge in [0.1, 0.15) is 0 Å². The number of hydrogen-bond acceptors (Lipinski definition) is 5. The molecule has 3 aromatic rings. The summed E-state index contributed by atoms with van der Waals surface area (Å²) in [5.41, 5.74) is 5.25. The van der Waals surface area contributed by atoms with E-state index in [1.165, 1.54) is 23.9 Å². The fourth-order valence-electron chi connectivity index (χ4n) is 4.43. The van der Waals surface area contributed by atoms with Crippen molar-refractivity contribution in [2.45, 2.75) is 38.6 Å². The lowest BCUT2D eigenvalue weighted by molar-refractivity contribution is 0.0600. The zero-order valence-electron chi connectivity index (χ0n) is 17.2. The van der Waals surface area contributed by atoms with E-state index in [1.54, 1.807) is 11.3 Å². The molecule has 156 valence electrons. The minimum Gasteiger partial charge on any atom is -0.465 e. The maximum absolute atomic E-state index is 12.2. The lowest BCUT2D eigenvalue weighted by Gasteiger charge is -2.22. The molecule has 2 aromatic heterocycles. The van der Waals surface area contributed by atoms with Crippen LogP contribution in [-0.2, 0) is 22.4 Å². The van der Waals surface area contributed by atoms with Crippen molar-refractivity contribution in [2.24, 2.45) is 5.92 Å². The van der Waals surface area contributed by atoms with Gasteiger partial charge < -0.3 is 14.0 Å². The predicted octanol–water partition coefficient (Wildman–Crippen LogP) is 5.43. The standard InChI is InChI=1S/C24H26N2O3S/c1-28-24(27)18-4-6-22-21(15-18)20(5-3-17-7-12-29-13-8-17)23(19-9-14-30-16-19)26(22)11-2-10-25/h4,6,9,14-17H,2-3,5,7-8,11-13H2,1H3. The molecule has 0 saturated carbocycles. The SMILES string of the molecule is COC(=O)c1ccc2c(c1)c(CCC1CCOCC1)c(-c1ccsc1)n2CCC#N. The third kappa shape index (κ3) is 4.14. The molecule has 0 aliphatic carbocycles. The number of esters is 1. The maximum atomic E-state index is 12.2. The smallest absolute Gasteiger partial charge is 0.337 e. The Morgan fingerprint density at radius 1 is 1.33 bits per heavy atom. The van der Waals surface area contributed by atoms with Crippen molar-refractivity contribution in [3.63, 3.8) is 0 Å². The third-order valence-electron chi connectivity index (χ3n) is 5.97. The molecule has 4 rings (SSSR count). The number of ether oxygens (including phenoxy) is 2. The van der Waals surface area contributed by atoms with Crippen molar-refractivity contribution in [1.82, 2.24) is 4.57 Å². The minimum absolute atomic E-state index is 0.325. The fourth-order valence-corrected chi connectivity index (χ4v) is 5.07. The van der Waals surface area contributed by atoms with Crippen LogP contribution < -0.4 is 0 Å². The molecule has 1 aliphatic heterocycles. The molecule has 1 saturated heterocycles. The maximum Gasteiger partial charge on any atom is 0.337 e. The van der Waals surface area contributed by atoms with Crippen molar-refractivity contribution in [2.75, 3.05) is 20.3 Å². The fraction of sp³-hybridized carbons (Fsp3) is 0.417. The van der Waals surface area contributed by atoms with Crippen LogP contribution in [0.25, 0.3) is 22.2 Å². The number of benzene rings is 1. The summed E-state index contributed by atoms with van der Waals surface area (Å²) in [6.07, 6.45) is 4.69. The first kappa shape index (κ1) is 20.6. The van der Waals surface area contributed by atoms with E-state index in [9.17, 15) is 10.1 Å². The second kappa shape index (κ2) is 9.46. The summed E-state index contributed by atoms with van der Waals surface area (Å²) in [7, 11) is 1.41. The summed E-state index contributed by atoms with van der Waals surface area (Å²) in [5, 5.41) is 14.6. The predicted molar refractivity (Wildman–Crippen MR) is 119 cm³/mol.